The van der Waals surface area contributed by atoms with Crippen molar-refractivity contribution in [3.63, 3.8) is 0 Å². The Balaban J connectivity index is 1.88. The van der Waals surface area contributed by atoms with Crippen LogP contribution in [-0.4, -0.2) is 36.0 Å². The van der Waals surface area contributed by atoms with E-state index in [0.717, 1.165) is 10.6 Å². The number of hydrogen-bond donors (Lipinski definition) is 2. The number of carbonyl (C=O) groups is 1. The number of rotatable bonds is 5. The summed E-state index contributed by atoms with van der Waals surface area (Å²) in [6.07, 6.45) is 1.18. The highest BCUT2D eigenvalue weighted by molar-refractivity contribution is 7.92. The van der Waals surface area contributed by atoms with Crippen LogP contribution in [0.5, 0.6) is 0 Å². The normalized spacial score (nSPS) is 13.8. The Hall–Kier alpha value is -2.59. The lowest BCUT2D eigenvalue weighted by Gasteiger charge is -2.20. The van der Waals surface area contributed by atoms with E-state index in [4.69, 9.17) is 0 Å². The maximum absolute atomic E-state index is 12.8. The molecule has 26 heavy (non-hydrogen) atoms. The summed E-state index contributed by atoms with van der Waals surface area (Å²) >= 11 is 0. The van der Waals surface area contributed by atoms with Gasteiger partial charge in [0, 0.05) is 18.4 Å². The topological polar surface area (TPSA) is 113 Å². The molecule has 0 aromatic heterocycles. The number of amides is 1. The predicted molar refractivity (Wildman–Crippen MR) is 99.3 cm³/mol. The number of carbonyl (C=O) groups excluding carboxylic acids is 1. The highest BCUT2D eigenvalue weighted by Gasteiger charge is 2.25. The molecule has 3 rings (SSSR count). The molecular weight excluding hydrogens is 378 g/mol. The van der Waals surface area contributed by atoms with Gasteiger partial charge in [0.05, 0.1) is 23.3 Å². The van der Waals surface area contributed by atoms with E-state index in [1.54, 1.807) is 6.07 Å². The second kappa shape index (κ2) is 6.29. The van der Waals surface area contributed by atoms with Gasteiger partial charge in [-0.3, -0.25) is 13.8 Å². The number of anilines is 3. The van der Waals surface area contributed by atoms with Crippen molar-refractivity contribution in [2.75, 3.05) is 27.6 Å². The van der Waals surface area contributed by atoms with Crippen LogP contribution in [0.3, 0.4) is 0 Å². The van der Waals surface area contributed by atoms with Gasteiger partial charge in [-0.25, -0.2) is 16.8 Å². The third kappa shape index (κ3) is 3.65. The number of hydrogen-bond acceptors (Lipinski definition) is 5. The Morgan fingerprint density at radius 1 is 1.04 bits per heavy atom. The van der Waals surface area contributed by atoms with Crippen molar-refractivity contribution in [1.82, 2.24) is 0 Å². The molecule has 0 bridgehead atoms. The molecule has 0 aliphatic carbocycles. The van der Waals surface area contributed by atoms with Crippen LogP contribution in [0.15, 0.2) is 47.4 Å². The number of fused-ring (bicyclic) bond motifs is 1. The van der Waals surface area contributed by atoms with Gasteiger partial charge in [0.2, 0.25) is 15.9 Å². The number of nitrogens with one attached hydrogen (secondary N) is 2. The van der Waals surface area contributed by atoms with Gasteiger partial charge in [-0.1, -0.05) is 0 Å². The summed E-state index contributed by atoms with van der Waals surface area (Å²) < 4.78 is 51.6. The summed E-state index contributed by atoms with van der Waals surface area (Å²) in [7, 11) is -5.82. The molecule has 2 aromatic carbocycles. The molecular formula is C16H17N3O5S2. The third-order valence-corrected chi connectivity index (χ3v) is 6.28. The van der Waals surface area contributed by atoms with E-state index in [1.165, 1.54) is 43.4 Å². The number of nitrogens with zero attached hydrogens (tertiary/aromatic N) is 1. The van der Waals surface area contributed by atoms with Crippen LogP contribution in [-0.2, 0) is 31.3 Å². The van der Waals surface area contributed by atoms with Crippen LogP contribution < -0.4 is 14.3 Å². The summed E-state index contributed by atoms with van der Waals surface area (Å²) in [5.41, 5.74) is 1.97. The first-order valence-electron chi connectivity index (χ1n) is 7.56. The van der Waals surface area contributed by atoms with Gasteiger partial charge in [-0.2, -0.15) is 0 Å². The van der Waals surface area contributed by atoms with Gasteiger partial charge in [-0.05, 0) is 48.0 Å². The highest BCUT2D eigenvalue weighted by Crippen LogP contribution is 2.29. The average molecular weight is 395 g/mol. The Morgan fingerprint density at radius 2 is 1.69 bits per heavy atom. The highest BCUT2D eigenvalue weighted by atomic mass is 32.2. The predicted octanol–water partition coefficient (Wildman–Crippen LogP) is 1.38. The molecule has 0 radical (unpaired) electrons. The van der Waals surface area contributed by atoms with Crippen molar-refractivity contribution in [1.29, 1.82) is 0 Å². The van der Waals surface area contributed by atoms with E-state index in [2.05, 4.69) is 10.0 Å². The molecule has 0 saturated carbocycles. The SMILES string of the molecule is CN(c1ccc(NS(C)(=O)=O)cc1)S(=O)(=O)c1ccc2c(c1)CC(=O)N2. The Morgan fingerprint density at radius 3 is 2.31 bits per heavy atom. The van der Waals surface area contributed by atoms with Gasteiger partial charge < -0.3 is 5.32 Å². The summed E-state index contributed by atoms with van der Waals surface area (Å²) in [4.78, 5) is 11.5. The lowest BCUT2D eigenvalue weighted by molar-refractivity contribution is -0.115. The summed E-state index contributed by atoms with van der Waals surface area (Å²) in [5, 5.41) is 2.66. The van der Waals surface area contributed by atoms with Crippen molar-refractivity contribution in [3.8, 4) is 0 Å². The minimum atomic E-state index is -3.82. The summed E-state index contributed by atoms with van der Waals surface area (Å²) in [6, 6.07) is 10.5. The standard InChI is InChI=1S/C16H17N3O5S2/c1-19(13-5-3-12(4-6-13)18-25(2,21)22)26(23,24)14-7-8-15-11(9-14)10-16(20)17-15/h3-9,18H,10H2,1-2H3,(H,17,20). The third-order valence-electron chi connectivity index (χ3n) is 3.89. The van der Waals surface area contributed by atoms with Crippen molar-refractivity contribution in [2.24, 2.45) is 0 Å². The molecule has 1 aliphatic heterocycles. The Kier molecular flexibility index (Phi) is 4.41. The van der Waals surface area contributed by atoms with Crippen LogP contribution in [0.4, 0.5) is 17.1 Å². The molecule has 1 heterocycles. The zero-order valence-electron chi connectivity index (χ0n) is 14.1. The first kappa shape index (κ1) is 18.2. The van der Waals surface area contributed by atoms with E-state index in [0.29, 0.717) is 22.6 Å². The lowest BCUT2D eigenvalue weighted by Crippen LogP contribution is -2.26. The van der Waals surface area contributed by atoms with Gasteiger partial charge >= 0.3 is 0 Å². The fraction of sp³-hybridized carbons (Fsp3) is 0.188. The largest absolute Gasteiger partial charge is 0.326 e. The second-order valence-electron chi connectivity index (χ2n) is 5.94. The van der Waals surface area contributed by atoms with E-state index in [1.807, 2.05) is 0 Å². The summed E-state index contributed by atoms with van der Waals surface area (Å²) in [5.74, 6) is -0.170. The smallest absolute Gasteiger partial charge is 0.264 e. The minimum absolute atomic E-state index is 0.0774. The number of sulfonamides is 2. The zero-order valence-corrected chi connectivity index (χ0v) is 15.7. The van der Waals surface area contributed by atoms with Gasteiger partial charge in [0.15, 0.2) is 0 Å². The van der Waals surface area contributed by atoms with Crippen LogP contribution in [0.2, 0.25) is 0 Å². The van der Waals surface area contributed by atoms with Gasteiger partial charge in [-0.15, -0.1) is 0 Å². The molecule has 0 unspecified atom stereocenters. The quantitative estimate of drug-likeness (QED) is 0.794. The van der Waals surface area contributed by atoms with Crippen LogP contribution >= 0.6 is 0 Å². The molecule has 10 heteroatoms. The van der Waals surface area contributed by atoms with Crippen LogP contribution in [0, 0.1) is 0 Å². The fourth-order valence-electron chi connectivity index (χ4n) is 2.62. The van der Waals surface area contributed by atoms with Crippen molar-refractivity contribution >= 4 is 43.0 Å². The summed E-state index contributed by atoms with van der Waals surface area (Å²) in [6.45, 7) is 0. The van der Waals surface area contributed by atoms with Gasteiger partial charge in [0.25, 0.3) is 10.0 Å². The lowest BCUT2D eigenvalue weighted by atomic mass is 10.2. The molecule has 1 amide bonds. The van der Waals surface area contributed by atoms with E-state index in [9.17, 15) is 21.6 Å². The molecule has 0 saturated heterocycles. The molecule has 0 spiro atoms. The van der Waals surface area contributed by atoms with Crippen LogP contribution in [0.25, 0.3) is 0 Å². The van der Waals surface area contributed by atoms with E-state index in [-0.39, 0.29) is 17.2 Å². The Bertz CT molecular complexity index is 1080. The molecule has 2 N–H and O–H groups in total. The molecule has 8 nitrogen and oxygen atoms in total. The minimum Gasteiger partial charge on any atom is -0.326 e. The van der Waals surface area contributed by atoms with E-state index < -0.39 is 20.0 Å². The van der Waals surface area contributed by atoms with Crippen molar-refractivity contribution < 1.29 is 21.6 Å². The van der Waals surface area contributed by atoms with Crippen LogP contribution in [0.1, 0.15) is 5.56 Å². The molecule has 0 fully saturated rings. The maximum Gasteiger partial charge on any atom is 0.264 e. The first-order valence-corrected chi connectivity index (χ1v) is 10.9. The maximum atomic E-state index is 12.8. The monoisotopic (exact) mass is 395 g/mol. The second-order valence-corrected chi connectivity index (χ2v) is 9.66. The molecule has 1 aliphatic rings. The van der Waals surface area contributed by atoms with Gasteiger partial charge in [0.1, 0.15) is 0 Å². The first-order chi connectivity index (χ1) is 12.1. The zero-order chi connectivity index (χ0) is 19.1. The Labute approximate surface area is 151 Å². The van der Waals surface area contributed by atoms with Crippen molar-refractivity contribution in [2.45, 2.75) is 11.3 Å². The van der Waals surface area contributed by atoms with Crippen molar-refractivity contribution in [3.05, 3.63) is 48.0 Å². The van der Waals surface area contributed by atoms with E-state index >= 15 is 0 Å². The molecule has 138 valence electrons. The fourth-order valence-corrected chi connectivity index (χ4v) is 4.43. The molecule has 2 aromatic rings. The average Bonchev–Trinajstić information content (AvgIpc) is 2.92. The molecule has 0 atom stereocenters. The number of benzene rings is 2.